The summed E-state index contributed by atoms with van der Waals surface area (Å²) in [6.07, 6.45) is 0. The second-order valence-electron chi connectivity index (χ2n) is 4.83. The largest absolute Gasteiger partial charge is 0.462 e. The van der Waals surface area contributed by atoms with E-state index in [2.05, 4.69) is 14.9 Å². The molecule has 0 spiro atoms. The molecule has 0 N–H and O–H groups in total. The summed E-state index contributed by atoms with van der Waals surface area (Å²) < 4.78 is 9.52. The molecule has 0 aliphatic heterocycles. The van der Waals surface area contributed by atoms with E-state index in [0.717, 1.165) is 16.7 Å². The number of aromatic nitrogens is 2. The van der Waals surface area contributed by atoms with Gasteiger partial charge in [-0.2, -0.15) is 4.98 Å². The molecule has 0 bridgehead atoms. The Balaban J connectivity index is 2.06. The number of esters is 1. The predicted octanol–water partition coefficient (Wildman–Crippen LogP) is 3.50. The fourth-order valence-corrected chi connectivity index (χ4v) is 2.17. The molecule has 1 aromatic heterocycles. The summed E-state index contributed by atoms with van der Waals surface area (Å²) in [4.78, 5) is 15.5. The first kappa shape index (κ1) is 14.0. The quantitative estimate of drug-likeness (QED) is 0.692. The first-order chi connectivity index (χ1) is 10.7. The summed E-state index contributed by atoms with van der Waals surface area (Å²) in [5.74, 6) is -0.445. The Labute approximate surface area is 127 Å². The lowest BCUT2D eigenvalue weighted by Gasteiger charge is -2.06. The van der Waals surface area contributed by atoms with Crippen LogP contribution in [0.3, 0.4) is 0 Å². The highest BCUT2D eigenvalue weighted by Crippen LogP contribution is 2.30. The van der Waals surface area contributed by atoms with E-state index < -0.39 is 5.97 Å². The van der Waals surface area contributed by atoms with Gasteiger partial charge in [0.15, 0.2) is 0 Å². The number of methoxy groups -OCH3 is 1. The van der Waals surface area contributed by atoms with Gasteiger partial charge >= 0.3 is 11.9 Å². The Morgan fingerprint density at radius 3 is 2.41 bits per heavy atom. The third kappa shape index (κ3) is 2.61. The van der Waals surface area contributed by atoms with Gasteiger partial charge in [0, 0.05) is 5.56 Å². The lowest BCUT2D eigenvalue weighted by atomic mass is 9.98. The molecule has 5 nitrogen and oxygen atoms in total. The number of rotatable bonds is 3. The van der Waals surface area contributed by atoms with Crippen LogP contribution in [-0.2, 0) is 4.74 Å². The van der Waals surface area contributed by atoms with Crippen LogP contribution in [0.4, 0.5) is 0 Å². The first-order valence-electron chi connectivity index (χ1n) is 6.77. The van der Waals surface area contributed by atoms with Gasteiger partial charge in [-0.05, 0) is 18.1 Å². The Hall–Kier alpha value is -2.95. The standard InChI is InChI=1S/C17H14N2O3/c1-11-7-9-12(10-8-11)13-5-3-4-6-14(13)15-18-16(22-19-15)17(20)21-2/h3-10H,1-2H3. The molecule has 0 radical (unpaired) electrons. The van der Waals surface area contributed by atoms with E-state index in [0.29, 0.717) is 5.82 Å². The van der Waals surface area contributed by atoms with Crippen molar-refractivity contribution in [2.45, 2.75) is 6.92 Å². The van der Waals surface area contributed by atoms with Crippen molar-refractivity contribution in [3.63, 3.8) is 0 Å². The molecule has 0 saturated carbocycles. The monoisotopic (exact) mass is 294 g/mol. The molecule has 3 rings (SSSR count). The Bertz CT molecular complexity index is 807. The van der Waals surface area contributed by atoms with Gasteiger partial charge in [0.2, 0.25) is 5.82 Å². The van der Waals surface area contributed by atoms with Gasteiger partial charge in [-0.15, -0.1) is 0 Å². The van der Waals surface area contributed by atoms with Crippen LogP contribution in [0, 0.1) is 6.92 Å². The lowest BCUT2D eigenvalue weighted by molar-refractivity contribution is 0.0545. The number of ether oxygens (including phenoxy) is 1. The van der Waals surface area contributed by atoms with Crippen LogP contribution in [0.25, 0.3) is 22.5 Å². The van der Waals surface area contributed by atoms with Gasteiger partial charge in [-0.1, -0.05) is 59.3 Å². The summed E-state index contributed by atoms with van der Waals surface area (Å²) in [7, 11) is 1.27. The molecule has 3 aromatic rings. The van der Waals surface area contributed by atoms with E-state index in [1.165, 1.54) is 12.7 Å². The summed E-state index contributed by atoms with van der Waals surface area (Å²) >= 11 is 0. The van der Waals surface area contributed by atoms with E-state index in [1.54, 1.807) is 0 Å². The highest BCUT2D eigenvalue weighted by atomic mass is 16.6. The molecule has 0 aliphatic rings. The van der Waals surface area contributed by atoms with Crippen molar-refractivity contribution < 1.29 is 14.1 Å². The zero-order valence-corrected chi connectivity index (χ0v) is 12.2. The van der Waals surface area contributed by atoms with Crippen LogP contribution in [0.2, 0.25) is 0 Å². The van der Waals surface area contributed by atoms with Crippen LogP contribution in [-0.4, -0.2) is 23.2 Å². The van der Waals surface area contributed by atoms with Crippen LogP contribution >= 0.6 is 0 Å². The van der Waals surface area contributed by atoms with Crippen molar-refractivity contribution >= 4 is 5.97 Å². The maximum absolute atomic E-state index is 11.4. The van der Waals surface area contributed by atoms with Gasteiger partial charge in [0.05, 0.1) is 7.11 Å². The minimum atomic E-state index is -0.647. The average molecular weight is 294 g/mol. The lowest BCUT2D eigenvalue weighted by Crippen LogP contribution is -2.01. The van der Waals surface area contributed by atoms with Gasteiger partial charge in [0.25, 0.3) is 0 Å². The number of carbonyl (C=O) groups excluding carboxylic acids is 1. The molecular weight excluding hydrogens is 280 g/mol. The van der Waals surface area contributed by atoms with E-state index in [9.17, 15) is 4.79 Å². The molecule has 0 atom stereocenters. The summed E-state index contributed by atoms with van der Waals surface area (Å²) in [6, 6.07) is 15.9. The average Bonchev–Trinajstić information content (AvgIpc) is 3.05. The molecule has 0 saturated heterocycles. The van der Waals surface area contributed by atoms with E-state index in [-0.39, 0.29) is 5.89 Å². The van der Waals surface area contributed by atoms with Crippen molar-refractivity contribution in [3.8, 4) is 22.5 Å². The van der Waals surface area contributed by atoms with Gasteiger partial charge in [-0.3, -0.25) is 0 Å². The maximum Gasteiger partial charge on any atom is 0.397 e. The summed E-state index contributed by atoms with van der Waals surface area (Å²) in [5.41, 5.74) is 4.00. The smallest absolute Gasteiger partial charge is 0.397 e. The molecular formula is C17H14N2O3. The molecule has 1 heterocycles. The normalized spacial score (nSPS) is 10.5. The van der Waals surface area contributed by atoms with Crippen molar-refractivity contribution in [2.24, 2.45) is 0 Å². The SMILES string of the molecule is COC(=O)c1nc(-c2ccccc2-c2ccc(C)cc2)no1. The van der Waals surface area contributed by atoms with E-state index >= 15 is 0 Å². The molecule has 5 heteroatoms. The van der Waals surface area contributed by atoms with Gasteiger partial charge < -0.3 is 9.26 Å². The first-order valence-corrected chi connectivity index (χ1v) is 6.77. The molecule has 0 unspecified atom stereocenters. The van der Waals surface area contributed by atoms with Gasteiger partial charge in [0.1, 0.15) is 0 Å². The van der Waals surface area contributed by atoms with Crippen molar-refractivity contribution in [3.05, 3.63) is 60.0 Å². The second-order valence-corrected chi connectivity index (χ2v) is 4.83. The van der Waals surface area contributed by atoms with E-state index in [1.807, 2.05) is 55.5 Å². The highest BCUT2D eigenvalue weighted by Gasteiger charge is 2.18. The molecule has 0 fully saturated rings. The maximum atomic E-state index is 11.4. The number of nitrogens with zero attached hydrogens (tertiary/aromatic N) is 2. The van der Waals surface area contributed by atoms with Crippen molar-refractivity contribution in [1.82, 2.24) is 10.1 Å². The summed E-state index contributed by atoms with van der Waals surface area (Å²) in [5, 5.41) is 3.87. The number of hydrogen-bond donors (Lipinski definition) is 0. The molecule has 2 aromatic carbocycles. The molecule has 110 valence electrons. The molecule has 22 heavy (non-hydrogen) atoms. The summed E-state index contributed by atoms with van der Waals surface area (Å²) in [6.45, 7) is 2.04. The van der Waals surface area contributed by atoms with Gasteiger partial charge in [-0.25, -0.2) is 4.79 Å². The zero-order chi connectivity index (χ0) is 15.5. The number of benzene rings is 2. The number of hydrogen-bond acceptors (Lipinski definition) is 5. The molecule has 0 amide bonds. The zero-order valence-electron chi connectivity index (χ0n) is 12.2. The highest BCUT2D eigenvalue weighted by molar-refractivity contribution is 5.86. The van der Waals surface area contributed by atoms with Crippen LogP contribution in [0.5, 0.6) is 0 Å². The van der Waals surface area contributed by atoms with E-state index in [4.69, 9.17) is 4.52 Å². The number of aryl methyl sites for hydroxylation is 1. The Kier molecular flexibility index (Phi) is 3.70. The third-order valence-electron chi connectivity index (χ3n) is 3.32. The van der Waals surface area contributed by atoms with Crippen LogP contribution < -0.4 is 0 Å². The number of carbonyl (C=O) groups is 1. The Morgan fingerprint density at radius 1 is 1.05 bits per heavy atom. The topological polar surface area (TPSA) is 65.2 Å². The van der Waals surface area contributed by atoms with Crippen molar-refractivity contribution in [1.29, 1.82) is 0 Å². The fraction of sp³-hybridized carbons (Fsp3) is 0.118. The second kappa shape index (κ2) is 5.81. The van der Waals surface area contributed by atoms with Crippen LogP contribution in [0.1, 0.15) is 16.2 Å². The minimum absolute atomic E-state index is 0.156. The third-order valence-corrected chi connectivity index (χ3v) is 3.32. The minimum Gasteiger partial charge on any atom is -0.462 e. The Morgan fingerprint density at radius 2 is 1.73 bits per heavy atom. The van der Waals surface area contributed by atoms with Crippen LogP contribution in [0.15, 0.2) is 53.1 Å². The predicted molar refractivity (Wildman–Crippen MR) is 81.2 cm³/mol. The van der Waals surface area contributed by atoms with Crippen molar-refractivity contribution in [2.75, 3.05) is 7.11 Å². The molecule has 0 aliphatic carbocycles. The fourth-order valence-electron chi connectivity index (χ4n) is 2.17.